The minimum atomic E-state index is -0.242. The van der Waals surface area contributed by atoms with Crippen molar-refractivity contribution in [3.05, 3.63) is 52.3 Å². The van der Waals surface area contributed by atoms with Crippen molar-refractivity contribution >= 4 is 11.7 Å². The zero-order valence-corrected chi connectivity index (χ0v) is 14.3. The quantitative estimate of drug-likeness (QED) is 0.905. The Bertz CT molecular complexity index is 703. The van der Waals surface area contributed by atoms with Crippen molar-refractivity contribution in [3.63, 3.8) is 0 Å². The maximum absolute atomic E-state index is 12.1. The molecular formula is C18H23N3O2. The van der Waals surface area contributed by atoms with Crippen molar-refractivity contribution in [2.24, 2.45) is 0 Å². The van der Waals surface area contributed by atoms with E-state index in [0.717, 1.165) is 39.4 Å². The summed E-state index contributed by atoms with van der Waals surface area (Å²) in [5.41, 5.74) is 5.82. The van der Waals surface area contributed by atoms with Crippen molar-refractivity contribution in [3.8, 4) is 5.75 Å². The van der Waals surface area contributed by atoms with Crippen LogP contribution in [-0.2, 0) is 6.54 Å². The highest BCUT2D eigenvalue weighted by atomic mass is 16.5. The van der Waals surface area contributed by atoms with Crippen LogP contribution in [0, 0.1) is 27.7 Å². The Labute approximate surface area is 137 Å². The second kappa shape index (κ2) is 7.13. The van der Waals surface area contributed by atoms with Crippen LogP contribution in [-0.4, -0.2) is 18.1 Å². The highest BCUT2D eigenvalue weighted by Crippen LogP contribution is 2.26. The lowest BCUT2D eigenvalue weighted by atomic mass is 10.1. The van der Waals surface area contributed by atoms with E-state index in [1.54, 1.807) is 13.3 Å². The van der Waals surface area contributed by atoms with Gasteiger partial charge in [-0.2, -0.15) is 0 Å². The first-order valence-corrected chi connectivity index (χ1v) is 7.53. The molecule has 23 heavy (non-hydrogen) atoms. The lowest BCUT2D eigenvalue weighted by molar-refractivity contribution is 0.251. The number of benzene rings is 1. The number of hydrogen-bond donors (Lipinski definition) is 2. The zero-order valence-electron chi connectivity index (χ0n) is 14.3. The fourth-order valence-electron chi connectivity index (χ4n) is 2.61. The summed E-state index contributed by atoms with van der Waals surface area (Å²) < 4.78 is 5.33. The first-order chi connectivity index (χ1) is 10.9. The fourth-order valence-corrected chi connectivity index (χ4v) is 2.61. The normalized spacial score (nSPS) is 10.3. The summed E-state index contributed by atoms with van der Waals surface area (Å²) >= 11 is 0. The van der Waals surface area contributed by atoms with E-state index in [9.17, 15) is 4.79 Å². The third-order valence-electron chi connectivity index (χ3n) is 3.72. The van der Waals surface area contributed by atoms with Crippen LogP contribution in [0.4, 0.5) is 10.5 Å². The molecule has 1 aromatic carbocycles. The molecule has 0 aliphatic carbocycles. The molecule has 5 heteroatoms. The molecule has 0 spiro atoms. The number of carbonyl (C=O) groups excluding carboxylic acids is 1. The van der Waals surface area contributed by atoms with Gasteiger partial charge in [0, 0.05) is 24.1 Å². The topological polar surface area (TPSA) is 63.2 Å². The first-order valence-electron chi connectivity index (χ1n) is 7.53. The molecule has 0 atom stereocenters. The van der Waals surface area contributed by atoms with E-state index in [4.69, 9.17) is 4.74 Å². The number of pyridine rings is 1. The van der Waals surface area contributed by atoms with E-state index in [0.29, 0.717) is 6.54 Å². The second-order valence-electron chi connectivity index (χ2n) is 5.70. The number of carbonyl (C=O) groups is 1. The molecule has 2 N–H and O–H groups in total. The van der Waals surface area contributed by atoms with E-state index >= 15 is 0 Å². The van der Waals surface area contributed by atoms with Gasteiger partial charge in [0.2, 0.25) is 0 Å². The minimum Gasteiger partial charge on any atom is -0.496 e. The maximum atomic E-state index is 12.1. The number of nitrogens with zero attached hydrogens (tertiary/aromatic N) is 1. The van der Waals surface area contributed by atoms with Crippen LogP contribution in [0.25, 0.3) is 0 Å². The number of nitrogens with one attached hydrogen (secondary N) is 2. The van der Waals surface area contributed by atoms with Crippen LogP contribution >= 0.6 is 0 Å². The predicted molar refractivity (Wildman–Crippen MR) is 92.0 cm³/mol. The summed E-state index contributed by atoms with van der Waals surface area (Å²) in [4.78, 5) is 16.3. The Hall–Kier alpha value is -2.56. The Balaban J connectivity index is 2.00. The monoisotopic (exact) mass is 313 g/mol. The standard InChI is InChI=1S/C18H23N3O2/c1-11-6-14(4)19-9-15(11)10-20-18(22)21-16-7-12(2)17(23-5)13(3)8-16/h6-9H,10H2,1-5H3,(H2,20,21,22). The second-order valence-corrected chi connectivity index (χ2v) is 5.70. The number of aromatic nitrogens is 1. The van der Waals surface area contributed by atoms with E-state index in [-0.39, 0.29) is 6.03 Å². The van der Waals surface area contributed by atoms with Crippen LogP contribution in [0.15, 0.2) is 24.4 Å². The van der Waals surface area contributed by atoms with Gasteiger partial charge >= 0.3 is 6.03 Å². The molecule has 0 saturated carbocycles. The van der Waals surface area contributed by atoms with Crippen LogP contribution < -0.4 is 15.4 Å². The first kappa shape index (κ1) is 16.8. The number of rotatable bonds is 4. The van der Waals surface area contributed by atoms with Crippen LogP contribution in [0.1, 0.15) is 27.9 Å². The Morgan fingerprint density at radius 3 is 2.30 bits per heavy atom. The number of ether oxygens (including phenoxy) is 1. The van der Waals surface area contributed by atoms with Crippen molar-refractivity contribution < 1.29 is 9.53 Å². The largest absolute Gasteiger partial charge is 0.496 e. The lowest BCUT2D eigenvalue weighted by Crippen LogP contribution is -2.28. The molecule has 1 heterocycles. The molecule has 2 rings (SSSR count). The molecule has 0 aliphatic rings. The van der Waals surface area contributed by atoms with Gasteiger partial charge in [-0.25, -0.2) is 4.79 Å². The van der Waals surface area contributed by atoms with Gasteiger partial charge in [0.1, 0.15) is 5.75 Å². The van der Waals surface area contributed by atoms with Gasteiger partial charge in [-0.1, -0.05) is 0 Å². The Morgan fingerprint density at radius 2 is 1.74 bits per heavy atom. The highest BCUT2D eigenvalue weighted by Gasteiger charge is 2.08. The van der Waals surface area contributed by atoms with E-state index < -0.39 is 0 Å². The van der Waals surface area contributed by atoms with Crippen molar-refractivity contribution in [1.29, 1.82) is 0 Å². The van der Waals surface area contributed by atoms with Crippen molar-refractivity contribution in [1.82, 2.24) is 10.3 Å². The lowest BCUT2D eigenvalue weighted by Gasteiger charge is -2.13. The van der Waals surface area contributed by atoms with Gasteiger partial charge in [-0.15, -0.1) is 0 Å². The van der Waals surface area contributed by atoms with Crippen LogP contribution in [0.2, 0.25) is 0 Å². The van der Waals surface area contributed by atoms with E-state index in [2.05, 4.69) is 15.6 Å². The molecule has 0 unspecified atom stereocenters. The molecule has 0 bridgehead atoms. The van der Waals surface area contributed by atoms with Crippen LogP contribution in [0.3, 0.4) is 0 Å². The SMILES string of the molecule is COc1c(C)cc(NC(=O)NCc2cnc(C)cc2C)cc1C. The van der Waals surface area contributed by atoms with Crippen molar-refractivity contribution in [2.45, 2.75) is 34.2 Å². The molecule has 0 saturated heterocycles. The van der Waals surface area contributed by atoms with E-state index in [1.165, 1.54) is 0 Å². The summed E-state index contributed by atoms with van der Waals surface area (Å²) in [6.07, 6.45) is 1.80. The molecule has 2 aromatic rings. The molecule has 122 valence electrons. The zero-order chi connectivity index (χ0) is 17.0. The molecule has 1 aromatic heterocycles. The highest BCUT2D eigenvalue weighted by molar-refractivity contribution is 5.89. The average Bonchev–Trinajstić information content (AvgIpc) is 2.46. The van der Waals surface area contributed by atoms with Crippen LogP contribution in [0.5, 0.6) is 5.75 Å². The van der Waals surface area contributed by atoms with Gasteiger partial charge in [-0.05, 0) is 68.1 Å². The number of hydrogen-bond acceptors (Lipinski definition) is 3. The molecule has 5 nitrogen and oxygen atoms in total. The summed E-state index contributed by atoms with van der Waals surface area (Å²) in [6.45, 7) is 8.32. The summed E-state index contributed by atoms with van der Waals surface area (Å²) in [6, 6.07) is 5.55. The van der Waals surface area contributed by atoms with Gasteiger partial charge < -0.3 is 15.4 Å². The third-order valence-corrected chi connectivity index (χ3v) is 3.72. The molecule has 0 radical (unpaired) electrons. The third kappa shape index (κ3) is 4.22. The Kier molecular flexibility index (Phi) is 5.21. The summed E-state index contributed by atoms with van der Waals surface area (Å²) in [5.74, 6) is 0.845. The summed E-state index contributed by atoms with van der Waals surface area (Å²) in [7, 11) is 1.65. The summed E-state index contributed by atoms with van der Waals surface area (Å²) in [5, 5.41) is 5.70. The number of methoxy groups -OCH3 is 1. The van der Waals surface area contributed by atoms with Gasteiger partial charge in [-0.3, -0.25) is 4.98 Å². The fraction of sp³-hybridized carbons (Fsp3) is 0.333. The minimum absolute atomic E-state index is 0.242. The number of amides is 2. The smallest absolute Gasteiger partial charge is 0.319 e. The van der Waals surface area contributed by atoms with Gasteiger partial charge in [0.05, 0.1) is 7.11 Å². The number of urea groups is 1. The molecular weight excluding hydrogens is 290 g/mol. The molecule has 0 fully saturated rings. The maximum Gasteiger partial charge on any atom is 0.319 e. The van der Waals surface area contributed by atoms with Gasteiger partial charge in [0.25, 0.3) is 0 Å². The number of aryl methyl sites for hydroxylation is 4. The van der Waals surface area contributed by atoms with Gasteiger partial charge in [0.15, 0.2) is 0 Å². The van der Waals surface area contributed by atoms with Crippen molar-refractivity contribution in [2.75, 3.05) is 12.4 Å². The average molecular weight is 313 g/mol. The predicted octanol–water partition coefficient (Wildman–Crippen LogP) is 3.65. The molecule has 2 amide bonds. The molecule has 0 aliphatic heterocycles. The Morgan fingerprint density at radius 1 is 1.09 bits per heavy atom. The van der Waals surface area contributed by atoms with E-state index in [1.807, 2.05) is 45.9 Å². The number of anilines is 1.